The van der Waals surface area contributed by atoms with Crippen LogP contribution in [0.1, 0.15) is 5.69 Å². The Bertz CT molecular complexity index is 1440. The van der Waals surface area contributed by atoms with Crippen LogP contribution in [-0.4, -0.2) is 25.3 Å². The molecule has 7 nitrogen and oxygen atoms in total. The highest BCUT2D eigenvalue weighted by Crippen LogP contribution is 2.27. The van der Waals surface area contributed by atoms with Crippen LogP contribution < -0.4 is 16.0 Å². The van der Waals surface area contributed by atoms with Crippen molar-refractivity contribution in [3.63, 3.8) is 0 Å². The van der Waals surface area contributed by atoms with Crippen LogP contribution in [0.15, 0.2) is 90.3 Å². The lowest BCUT2D eigenvalue weighted by atomic mass is 10.1. The van der Waals surface area contributed by atoms with Gasteiger partial charge in [-0.15, -0.1) is 21.5 Å². The van der Waals surface area contributed by atoms with Crippen molar-refractivity contribution < 1.29 is 0 Å². The van der Waals surface area contributed by atoms with Gasteiger partial charge in [0.25, 0.3) is 0 Å². The molecule has 172 valence electrons. The molecule has 5 rings (SSSR count). The minimum absolute atomic E-state index is 0.394. The van der Waals surface area contributed by atoms with Crippen LogP contribution in [0.5, 0.6) is 0 Å². The lowest BCUT2D eigenvalue weighted by Gasteiger charge is -2.15. The molecule has 0 bridgehead atoms. The topological polar surface area (TPSA) is 87.7 Å². The number of thiophene rings is 1. The van der Waals surface area contributed by atoms with Gasteiger partial charge in [0.05, 0.1) is 27.6 Å². The minimum Gasteiger partial charge on any atom is -0.331 e. The first-order valence-corrected chi connectivity index (χ1v) is 12.2. The van der Waals surface area contributed by atoms with E-state index in [0.717, 1.165) is 38.9 Å². The maximum absolute atomic E-state index is 5.52. The predicted octanol–water partition coefficient (Wildman–Crippen LogP) is 6.52. The first kappa shape index (κ1) is 22.6. The molecule has 0 saturated heterocycles. The van der Waals surface area contributed by atoms with Gasteiger partial charge in [0.1, 0.15) is 0 Å². The summed E-state index contributed by atoms with van der Waals surface area (Å²) in [6.07, 6.45) is 0. The lowest BCUT2D eigenvalue weighted by Crippen LogP contribution is -2.20. The average Bonchev–Trinajstić information content (AvgIpc) is 3.41. The van der Waals surface area contributed by atoms with E-state index >= 15 is 0 Å². The summed E-state index contributed by atoms with van der Waals surface area (Å²) in [6, 6.07) is 27.4. The third-order valence-electron chi connectivity index (χ3n) is 5.03. The van der Waals surface area contributed by atoms with Gasteiger partial charge in [-0.05, 0) is 60.9 Å². The Morgan fingerprint density at radius 1 is 0.771 bits per heavy atom. The Morgan fingerprint density at radius 3 is 2.31 bits per heavy atom. The Hall–Kier alpha value is -4.21. The number of anilines is 4. The number of nitrogens with zero attached hydrogens (tertiary/aromatic N) is 4. The van der Waals surface area contributed by atoms with Crippen molar-refractivity contribution in [2.75, 3.05) is 16.0 Å². The second-order valence-electron chi connectivity index (χ2n) is 7.62. The lowest BCUT2D eigenvalue weighted by molar-refractivity contribution is 1.05. The van der Waals surface area contributed by atoms with Gasteiger partial charge in [-0.1, -0.05) is 48.5 Å². The Kier molecular flexibility index (Phi) is 6.69. The molecule has 0 spiro atoms. The van der Waals surface area contributed by atoms with Crippen LogP contribution >= 0.6 is 23.6 Å². The van der Waals surface area contributed by atoms with E-state index in [-0.39, 0.29) is 0 Å². The van der Waals surface area contributed by atoms with Crippen LogP contribution in [-0.2, 0) is 0 Å². The normalized spacial score (nSPS) is 10.5. The van der Waals surface area contributed by atoms with Gasteiger partial charge >= 0.3 is 0 Å². The van der Waals surface area contributed by atoms with Crippen molar-refractivity contribution in [2.45, 2.75) is 6.92 Å². The van der Waals surface area contributed by atoms with Crippen LogP contribution in [0.4, 0.5) is 23.1 Å². The molecule has 0 atom stereocenters. The van der Waals surface area contributed by atoms with Crippen molar-refractivity contribution in [2.24, 2.45) is 0 Å². The van der Waals surface area contributed by atoms with Gasteiger partial charge in [-0.2, -0.15) is 0 Å². The first-order valence-electron chi connectivity index (χ1n) is 10.9. The summed E-state index contributed by atoms with van der Waals surface area (Å²) in [5.74, 6) is 1.07. The highest BCUT2D eigenvalue weighted by atomic mass is 32.1. The second-order valence-corrected chi connectivity index (χ2v) is 8.97. The SMILES string of the molecule is Cc1cc(-c2cccs2)nc(Nc2ccccc2NC(=S)Nc2ccc(-c3ccccc3)nn2)n1. The molecule has 3 N–H and O–H groups in total. The summed E-state index contributed by atoms with van der Waals surface area (Å²) in [4.78, 5) is 10.3. The van der Waals surface area contributed by atoms with E-state index in [1.54, 1.807) is 11.3 Å². The minimum atomic E-state index is 0.394. The summed E-state index contributed by atoms with van der Waals surface area (Å²) in [5, 5.41) is 20.6. The molecule has 5 aromatic rings. The molecule has 3 aromatic heterocycles. The van der Waals surface area contributed by atoms with Gasteiger partial charge in [0.15, 0.2) is 10.9 Å². The molecular formula is C26H21N7S2. The summed E-state index contributed by atoms with van der Waals surface area (Å²) in [7, 11) is 0. The number of rotatable bonds is 6. The fourth-order valence-corrected chi connectivity index (χ4v) is 4.33. The van der Waals surface area contributed by atoms with E-state index in [1.165, 1.54) is 0 Å². The molecule has 0 unspecified atom stereocenters. The maximum atomic E-state index is 5.52. The van der Waals surface area contributed by atoms with Crippen LogP contribution in [0.3, 0.4) is 0 Å². The van der Waals surface area contributed by atoms with E-state index < -0.39 is 0 Å². The fraction of sp³-hybridized carbons (Fsp3) is 0.0385. The Morgan fingerprint density at radius 2 is 1.57 bits per heavy atom. The number of hydrogen-bond acceptors (Lipinski definition) is 7. The quantitative estimate of drug-likeness (QED) is 0.229. The number of thiocarbonyl (C=S) groups is 1. The van der Waals surface area contributed by atoms with E-state index in [4.69, 9.17) is 12.2 Å². The molecule has 2 aromatic carbocycles. The van der Waals surface area contributed by atoms with E-state index in [0.29, 0.717) is 16.9 Å². The molecule has 9 heteroatoms. The molecule has 0 radical (unpaired) electrons. The largest absolute Gasteiger partial charge is 0.331 e. The molecule has 35 heavy (non-hydrogen) atoms. The number of aryl methyl sites for hydroxylation is 1. The van der Waals surface area contributed by atoms with E-state index in [9.17, 15) is 0 Å². The monoisotopic (exact) mass is 495 g/mol. The van der Waals surface area contributed by atoms with Crippen molar-refractivity contribution in [1.82, 2.24) is 20.2 Å². The molecule has 3 heterocycles. The molecule has 0 aliphatic carbocycles. The summed E-state index contributed by atoms with van der Waals surface area (Å²) in [6.45, 7) is 1.96. The van der Waals surface area contributed by atoms with Crippen molar-refractivity contribution in [3.05, 3.63) is 96.0 Å². The van der Waals surface area contributed by atoms with Crippen LogP contribution in [0.25, 0.3) is 21.8 Å². The molecule has 0 fully saturated rings. The number of para-hydroxylation sites is 2. The summed E-state index contributed by atoms with van der Waals surface area (Å²) < 4.78 is 0. The molecule has 0 aliphatic heterocycles. The van der Waals surface area contributed by atoms with E-state index in [1.807, 2.05) is 97.2 Å². The van der Waals surface area contributed by atoms with Gasteiger partial charge in [-0.25, -0.2) is 9.97 Å². The van der Waals surface area contributed by atoms with Crippen molar-refractivity contribution in [3.8, 4) is 21.8 Å². The summed E-state index contributed by atoms with van der Waals surface area (Å²) >= 11 is 7.16. The zero-order chi connectivity index (χ0) is 24.0. The molecular weight excluding hydrogens is 474 g/mol. The fourth-order valence-electron chi connectivity index (χ4n) is 3.43. The Balaban J connectivity index is 1.29. The average molecular weight is 496 g/mol. The second kappa shape index (κ2) is 10.4. The maximum Gasteiger partial charge on any atom is 0.228 e. The standard InChI is InChI=1S/C26H21N7S2/c1-17-16-22(23-12-7-15-35-23)29-25(27-17)28-20-10-5-6-11-21(20)30-26(34)31-24-14-13-19(32-33-24)18-8-3-2-4-9-18/h2-16H,1H3,(H,27,28,29)(H2,30,31,33,34). The zero-order valence-corrected chi connectivity index (χ0v) is 20.4. The summed E-state index contributed by atoms with van der Waals surface area (Å²) in [5.41, 5.74) is 5.14. The number of aromatic nitrogens is 4. The van der Waals surface area contributed by atoms with Gasteiger partial charge in [0, 0.05) is 11.3 Å². The molecule has 0 saturated carbocycles. The first-order chi connectivity index (χ1) is 17.1. The zero-order valence-electron chi connectivity index (χ0n) is 18.8. The molecule has 0 aliphatic rings. The van der Waals surface area contributed by atoms with Crippen molar-refractivity contribution in [1.29, 1.82) is 0 Å². The highest BCUT2D eigenvalue weighted by molar-refractivity contribution is 7.80. The van der Waals surface area contributed by atoms with E-state index in [2.05, 4.69) is 36.1 Å². The van der Waals surface area contributed by atoms with Gasteiger partial charge < -0.3 is 16.0 Å². The van der Waals surface area contributed by atoms with Gasteiger partial charge in [0.2, 0.25) is 5.95 Å². The third-order valence-corrected chi connectivity index (χ3v) is 6.12. The van der Waals surface area contributed by atoms with Gasteiger partial charge in [-0.3, -0.25) is 0 Å². The predicted molar refractivity (Wildman–Crippen MR) is 147 cm³/mol. The van der Waals surface area contributed by atoms with Crippen molar-refractivity contribution >= 4 is 51.8 Å². The smallest absolute Gasteiger partial charge is 0.228 e. The number of nitrogens with one attached hydrogen (secondary N) is 3. The number of benzene rings is 2. The third kappa shape index (κ3) is 5.65. The van der Waals surface area contributed by atoms with Crippen LogP contribution in [0.2, 0.25) is 0 Å². The molecule has 0 amide bonds. The highest BCUT2D eigenvalue weighted by Gasteiger charge is 2.10. The number of hydrogen-bond donors (Lipinski definition) is 3. The Labute approximate surface area is 212 Å². The van der Waals surface area contributed by atoms with Crippen LogP contribution in [0, 0.1) is 6.92 Å².